The number of halogens is 4. The van der Waals surface area contributed by atoms with E-state index in [4.69, 9.17) is 5.14 Å². The zero-order valence-corrected chi connectivity index (χ0v) is 10.4. The van der Waals surface area contributed by atoms with Crippen molar-refractivity contribution in [3.8, 4) is 0 Å². The molecule has 3 nitrogen and oxygen atoms in total. The fourth-order valence-corrected chi connectivity index (χ4v) is 3.90. The largest absolute Gasteiger partial charge is 0.240 e. The predicted octanol–water partition coefficient (Wildman–Crippen LogP) is 2.14. The quantitative estimate of drug-likeness (QED) is 0.623. The summed E-state index contributed by atoms with van der Waals surface area (Å²) in [4.78, 5) is -0.517. The molecular formula is C6H3Br2F2NO2S. The Hall–Kier alpha value is -0.0500. The predicted molar refractivity (Wildman–Crippen MR) is 53.1 cm³/mol. The van der Waals surface area contributed by atoms with E-state index in [0.717, 1.165) is 0 Å². The van der Waals surface area contributed by atoms with Gasteiger partial charge in [0.25, 0.3) is 0 Å². The summed E-state index contributed by atoms with van der Waals surface area (Å²) in [5.41, 5.74) is 0. The van der Waals surface area contributed by atoms with Gasteiger partial charge in [-0.3, -0.25) is 0 Å². The first-order chi connectivity index (χ1) is 6.25. The molecule has 0 atom stereocenters. The molecule has 1 rings (SSSR count). The monoisotopic (exact) mass is 349 g/mol. The van der Waals surface area contributed by atoms with Crippen molar-refractivity contribution < 1.29 is 17.2 Å². The van der Waals surface area contributed by atoms with Gasteiger partial charge in [0.2, 0.25) is 10.0 Å². The second kappa shape index (κ2) is 3.84. The van der Waals surface area contributed by atoms with E-state index in [1.54, 1.807) is 0 Å². The minimum atomic E-state index is -4.10. The highest BCUT2D eigenvalue weighted by Crippen LogP contribution is 2.32. The van der Waals surface area contributed by atoms with E-state index >= 15 is 0 Å². The number of hydrogen-bond acceptors (Lipinski definition) is 2. The molecule has 0 aromatic heterocycles. The van der Waals surface area contributed by atoms with Crippen molar-refractivity contribution in [3.63, 3.8) is 0 Å². The summed E-state index contributed by atoms with van der Waals surface area (Å²) in [6, 6.07) is 0.694. The molecule has 0 aliphatic carbocycles. The van der Waals surface area contributed by atoms with Crippen LogP contribution in [0.2, 0.25) is 0 Å². The molecule has 14 heavy (non-hydrogen) atoms. The Kier molecular flexibility index (Phi) is 3.30. The van der Waals surface area contributed by atoms with Crippen molar-refractivity contribution in [2.45, 2.75) is 4.90 Å². The highest BCUT2D eigenvalue weighted by atomic mass is 79.9. The van der Waals surface area contributed by atoms with E-state index < -0.39 is 31.0 Å². The fraction of sp³-hybridized carbons (Fsp3) is 0. The standard InChI is InChI=1S/C6H3Br2F2NO2S/c7-2-1-3(9)5(10)4(8)6(2)14(11,12)13/h1H,(H2,11,12,13). The number of primary sulfonamides is 1. The average Bonchev–Trinajstić information content (AvgIpc) is 1.97. The van der Waals surface area contributed by atoms with Gasteiger partial charge in [-0.1, -0.05) is 0 Å². The van der Waals surface area contributed by atoms with Crippen LogP contribution in [0.15, 0.2) is 19.9 Å². The maximum absolute atomic E-state index is 12.9. The molecule has 2 N–H and O–H groups in total. The van der Waals surface area contributed by atoms with E-state index in [0.29, 0.717) is 6.07 Å². The molecule has 0 unspecified atom stereocenters. The summed E-state index contributed by atoms with van der Waals surface area (Å²) in [7, 11) is -4.10. The summed E-state index contributed by atoms with van der Waals surface area (Å²) in [5.74, 6) is -2.46. The lowest BCUT2D eigenvalue weighted by Crippen LogP contribution is -2.14. The van der Waals surface area contributed by atoms with Crippen LogP contribution in [-0.4, -0.2) is 8.42 Å². The first-order valence-electron chi connectivity index (χ1n) is 3.11. The zero-order valence-electron chi connectivity index (χ0n) is 6.39. The summed E-state index contributed by atoms with van der Waals surface area (Å²) in [6.45, 7) is 0. The minimum Gasteiger partial charge on any atom is -0.225 e. The summed E-state index contributed by atoms with van der Waals surface area (Å²) >= 11 is 5.39. The molecule has 0 heterocycles. The third kappa shape index (κ3) is 2.13. The number of nitrogens with two attached hydrogens (primary N) is 1. The highest BCUT2D eigenvalue weighted by Gasteiger charge is 2.22. The van der Waals surface area contributed by atoms with Crippen LogP contribution >= 0.6 is 31.9 Å². The lowest BCUT2D eigenvalue weighted by Gasteiger charge is -2.06. The second-order valence-electron chi connectivity index (χ2n) is 2.34. The molecule has 0 spiro atoms. The van der Waals surface area contributed by atoms with Crippen molar-refractivity contribution in [2.24, 2.45) is 5.14 Å². The van der Waals surface area contributed by atoms with E-state index in [2.05, 4.69) is 31.9 Å². The van der Waals surface area contributed by atoms with Gasteiger partial charge in [0, 0.05) is 4.47 Å². The number of hydrogen-bond donors (Lipinski definition) is 1. The molecule has 1 aromatic rings. The van der Waals surface area contributed by atoms with Crippen LogP contribution in [0.1, 0.15) is 0 Å². The van der Waals surface area contributed by atoms with Gasteiger partial charge in [-0.25, -0.2) is 22.3 Å². The summed E-state index contributed by atoms with van der Waals surface area (Å²) in [5, 5.41) is 4.80. The second-order valence-corrected chi connectivity index (χ2v) is 5.49. The Morgan fingerprint density at radius 2 is 1.79 bits per heavy atom. The normalized spacial score (nSPS) is 11.8. The molecule has 0 radical (unpaired) electrons. The Labute approximate surface area is 95.6 Å². The van der Waals surface area contributed by atoms with E-state index in [1.165, 1.54) is 0 Å². The Morgan fingerprint density at radius 1 is 1.29 bits per heavy atom. The van der Waals surface area contributed by atoms with Crippen molar-refractivity contribution in [1.29, 1.82) is 0 Å². The van der Waals surface area contributed by atoms with Crippen molar-refractivity contribution in [2.75, 3.05) is 0 Å². The fourth-order valence-electron chi connectivity index (χ4n) is 0.810. The third-order valence-corrected chi connectivity index (χ3v) is 4.24. The van der Waals surface area contributed by atoms with Crippen LogP contribution in [0.5, 0.6) is 0 Å². The number of sulfonamides is 1. The number of rotatable bonds is 1. The smallest absolute Gasteiger partial charge is 0.225 e. The van der Waals surface area contributed by atoms with Gasteiger partial charge < -0.3 is 0 Å². The van der Waals surface area contributed by atoms with Crippen LogP contribution in [0.4, 0.5) is 8.78 Å². The van der Waals surface area contributed by atoms with Gasteiger partial charge in [-0.2, -0.15) is 0 Å². The molecule has 0 aliphatic heterocycles. The van der Waals surface area contributed by atoms with Crippen molar-refractivity contribution >= 4 is 41.9 Å². The van der Waals surface area contributed by atoms with Crippen molar-refractivity contribution in [3.05, 3.63) is 26.6 Å². The molecule has 0 saturated heterocycles. The van der Waals surface area contributed by atoms with Crippen LogP contribution in [0.3, 0.4) is 0 Å². The van der Waals surface area contributed by atoms with E-state index in [9.17, 15) is 17.2 Å². The maximum Gasteiger partial charge on any atom is 0.240 e. The van der Waals surface area contributed by atoms with Crippen molar-refractivity contribution in [1.82, 2.24) is 0 Å². The Bertz CT molecular complexity index is 489. The Balaban J connectivity index is 3.70. The zero-order chi connectivity index (χ0) is 11.1. The highest BCUT2D eigenvalue weighted by molar-refractivity contribution is 9.11. The van der Waals surface area contributed by atoms with Gasteiger partial charge in [0.1, 0.15) is 4.90 Å². The summed E-state index contributed by atoms with van der Waals surface area (Å²) < 4.78 is 47.0. The maximum atomic E-state index is 12.9. The average molecular weight is 351 g/mol. The van der Waals surface area contributed by atoms with Gasteiger partial charge in [0.05, 0.1) is 4.47 Å². The minimum absolute atomic E-state index is 0.134. The molecule has 1 aromatic carbocycles. The molecular weight excluding hydrogens is 348 g/mol. The van der Waals surface area contributed by atoms with Gasteiger partial charge in [-0.15, -0.1) is 0 Å². The Morgan fingerprint density at radius 3 is 2.21 bits per heavy atom. The molecule has 0 aliphatic rings. The van der Waals surface area contributed by atoms with Gasteiger partial charge in [-0.05, 0) is 37.9 Å². The lowest BCUT2D eigenvalue weighted by molar-refractivity contribution is 0.498. The number of benzene rings is 1. The SMILES string of the molecule is NS(=O)(=O)c1c(Br)cc(F)c(F)c1Br. The van der Waals surface area contributed by atoms with Gasteiger partial charge >= 0.3 is 0 Å². The molecule has 0 bridgehead atoms. The van der Waals surface area contributed by atoms with E-state index in [-0.39, 0.29) is 4.47 Å². The third-order valence-electron chi connectivity index (χ3n) is 1.36. The molecule has 0 saturated carbocycles. The molecule has 78 valence electrons. The van der Waals surface area contributed by atoms with Crippen LogP contribution in [0, 0.1) is 11.6 Å². The lowest BCUT2D eigenvalue weighted by atomic mass is 10.3. The van der Waals surface area contributed by atoms with Gasteiger partial charge in [0.15, 0.2) is 11.6 Å². The van der Waals surface area contributed by atoms with Crippen LogP contribution < -0.4 is 5.14 Å². The topological polar surface area (TPSA) is 60.2 Å². The van der Waals surface area contributed by atoms with E-state index in [1.807, 2.05) is 0 Å². The first-order valence-corrected chi connectivity index (χ1v) is 6.24. The molecule has 8 heteroatoms. The molecule has 0 fully saturated rings. The first kappa shape index (κ1) is 12.0. The molecule has 0 amide bonds. The summed E-state index contributed by atoms with van der Waals surface area (Å²) in [6.07, 6.45) is 0. The van der Waals surface area contributed by atoms with Crippen LogP contribution in [0.25, 0.3) is 0 Å². The van der Waals surface area contributed by atoms with Crippen LogP contribution in [-0.2, 0) is 10.0 Å².